The molecule has 1 saturated heterocycles. The minimum atomic E-state index is 0. The third-order valence-electron chi connectivity index (χ3n) is 2.35. The highest BCUT2D eigenvalue weighted by Gasteiger charge is 2.31. The van der Waals surface area contributed by atoms with Crippen LogP contribution in [0.5, 0.6) is 0 Å². The van der Waals surface area contributed by atoms with Gasteiger partial charge < -0.3 is 10.6 Å². The Bertz CT molecular complexity index is 164. The Kier molecular flexibility index (Phi) is 3.35. The summed E-state index contributed by atoms with van der Waals surface area (Å²) in [6.07, 6.45) is 3.30. The second kappa shape index (κ2) is 4.10. The Hall–Kier alpha value is -0.280. The van der Waals surface area contributed by atoms with E-state index in [-0.39, 0.29) is 18.3 Å². The monoisotopic (exact) mass is 190 g/mol. The van der Waals surface area contributed by atoms with E-state index in [9.17, 15) is 4.79 Å². The molecular weight excluding hydrogens is 176 g/mol. The molecule has 2 N–H and O–H groups in total. The minimum absolute atomic E-state index is 0. The largest absolute Gasteiger partial charge is 0.352 e. The van der Waals surface area contributed by atoms with Crippen LogP contribution in [-0.2, 0) is 4.79 Å². The van der Waals surface area contributed by atoms with Gasteiger partial charge in [-0.2, -0.15) is 0 Å². The van der Waals surface area contributed by atoms with E-state index in [1.54, 1.807) is 0 Å². The van der Waals surface area contributed by atoms with Crippen LogP contribution in [0.25, 0.3) is 0 Å². The molecule has 1 atom stereocenters. The van der Waals surface area contributed by atoms with E-state index in [1.165, 1.54) is 0 Å². The first kappa shape index (κ1) is 9.81. The van der Waals surface area contributed by atoms with Crippen LogP contribution in [0.3, 0.4) is 0 Å². The number of amides is 1. The number of halogens is 1. The zero-order valence-corrected chi connectivity index (χ0v) is 7.82. The summed E-state index contributed by atoms with van der Waals surface area (Å²) in [5, 5.41) is 6.26. The maximum Gasteiger partial charge on any atom is 0.223 e. The first-order chi connectivity index (χ1) is 5.36. The molecule has 2 fully saturated rings. The molecule has 0 bridgehead atoms. The van der Waals surface area contributed by atoms with Crippen molar-refractivity contribution in [3.8, 4) is 0 Å². The molecule has 1 aliphatic heterocycles. The van der Waals surface area contributed by atoms with E-state index in [0.29, 0.717) is 12.0 Å². The second-order valence-corrected chi connectivity index (χ2v) is 3.47. The molecule has 0 aromatic carbocycles. The summed E-state index contributed by atoms with van der Waals surface area (Å²) in [6, 6.07) is 0.406. The molecule has 12 heavy (non-hydrogen) atoms. The molecule has 0 radical (unpaired) electrons. The Labute approximate surface area is 78.7 Å². The smallest absolute Gasteiger partial charge is 0.223 e. The van der Waals surface area contributed by atoms with Crippen molar-refractivity contribution in [2.24, 2.45) is 5.92 Å². The Morgan fingerprint density at radius 2 is 2.08 bits per heavy atom. The van der Waals surface area contributed by atoms with Crippen molar-refractivity contribution in [3.05, 3.63) is 0 Å². The third-order valence-corrected chi connectivity index (χ3v) is 2.35. The van der Waals surface area contributed by atoms with Gasteiger partial charge in [0.1, 0.15) is 0 Å². The fourth-order valence-corrected chi connectivity index (χ4v) is 1.44. The quantitative estimate of drug-likeness (QED) is 0.658. The van der Waals surface area contributed by atoms with Crippen LogP contribution in [0.1, 0.15) is 19.3 Å². The maximum atomic E-state index is 11.2. The Morgan fingerprint density at radius 3 is 2.58 bits per heavy atom. The molecule has 1 aliphatic carbocycles. The fraction of sp³-hybridized carbons (Fsp3) is 0.875. The zero-order chi connectivity index (χ0) is 7.68. The average molecular weight is 191 g/mol. The lowest BCUT2D eigenvalue weighted by Crippen LogP contribution is -2.37. The van der Waals surface area contributed by atoms with Crippen molar-refractivity contribution >= 4 is 18.3 Å². The van der Waals surface area contributed by atoms with Crippen LogP contribution in [0.4, 0.5) is 0 Å². The fourth-order valence-electron chi connectivity index (χ4n) is 1.44. The van der Waals surface area contributed by atoms with Crippen molar-refractivity contribution in [3.63, 3.8) is 0 Å². The predicted molar refractivity (Wildman–Crippen MR) is 49.4 cm³/mol. The van der Waals surface area contributed by atoms with Gasteiger partial charge in [0.05, 0.1) is 0 Å². The standard InChI is InChI=1S/C8H14N2O.ClH/c11-8(6-1-2-6)10-7-3-4-9-5-7;/h6-7,9H,1-5H2,(H,10,11);1H/t7-;/m0./s1. The third kappa shape index (κ3) is 2.35. The maximum absolute atomic E-state index is 11.2. The number of hydrogen-bond donors (Lipinski definition) is 2. The summed E-state index contributed by atoms with van der Waals surface area (Å²) in [5.41, 5.74) is 0. The van der Waals surface area contributed by atoms with Gasteiger partial charge in [-0.15, -0.1) is 12.4 Å². The van der Waals surface area contributed by atoms with Gasteiger partial charge in [-0.1, -0.05) is 0 Å². The molecule has 3 nitrogen and oxygen atoms in total. The lowest BCUT2D eigenvalue weighted by molar-refractivity contribution is -0.122. The van der Waals surface area contributed by atoms with Crippen LogP contribution in [0.2, 0.25) is 0 Å². The van der Waals surface area contributed by atoms with Crippen LogP contribution in [-0.4, -0.2) is 25.0 Å². The molecule has 0 spiro atoms. The van der Waals surface area contributed by atoms with Gasteiger partial charge in [-0.05, 0) is 25.8 Å². The van der Waals surface area contributed by atoms with E-state index < -0.39 is 0 Å². The van der Waals surface area contributed by atoms with Crippen LogP contribution in [0.15, 0.2) is 0 Å². The lowest BCUT2D eigenvalue weighted by Gasteiger charge is -2.09. The first-order valence-corrected chi connectivity index (χ1v) is 4.37. The molecule has 1 saturated carbocycles. The van der Waals surface area contributed by atoms with E-state index in [4.69, 9.17) is 0 Å². The summed E-state index contributed by atoms with van der Waals surface area (Å²) in [5.74, 6) is 0.634. The highest BCUT2D eigenvalue weighted by Crippen LogP contribution is 2.28. The number of carbonyl (C=O) groups is 1. The molecule has 2 rings (SSSR count). The molecular formula is C8H15ClN2O. The van der Waals surface area contributed by atoms with Gasteiger partial charge in [0, 0.05) is 18.5 Å². The topological polar surface area (TPSA) is 41.1 Å². The molecule has 0 aromatic rings. The predicted octanol–water partition coefficient (Wildman–Crippen LogP) is 0.296. The summed E-state index contributed by atoms with van der Waals surface area (Å²) in [4.78, 5) is 11.2. The number of hydrogen-bond acceptors (Lipinski definition) is 2. The molecule has 70 valence electrons. The zero-order valence-electron chi connectivity index (χ0n) is 7.01. The Morgan fingerprint density at radius 1 is 1.33 bits per heavy atom. The van der Waals surface area contributed by atoms with Gasteiger partial charge in [-0.25, -0.2) is 0 Å². The van der Waals surface area contributed by atoms with Crippen molar-refractivity contribution in [2.75, 3.05) is 13.1 Å². The molecule has 1 amide bonds. The van der Waals surface area contributed by atoms with Gasteiger partial charge in [-0.3, -0.25) is 4.79 Å². The minimum Gasteiger partial charge on any atom is -0.352 e. The average Bonchev–Trinajstić information content (AvgIpc) is 2.73. The van der Waals surface area contributed by atoms with E-state index in [0.717, 1.165) is 32.4 Å². The number of nitrogens with one attached hydrogen (secondary N) is 2. The van der Waals surface area contributed by atoms with E-state index in [2.05, 4.69) is 10.6 Å². The SMILES string of the molecule is Cl.O=C(N[C@H]1CCNC1)C1CC1. The van der Waals surface area contributed by atoms with Crippen molar-refractivity contribution in [2.45, 2.75) is 25.3 Å². The highest BCUT2D eigenvalue weighted by molar-refractivity contribution is 5.85. The van der Waals surface area contributed by atoms with Crippen molar-refractivity contribution < 1.29 is 4.79 Å². The molecule has 1 heterocycles. The Balaban J connectivity index is 0.000000720. The second-order valence-electron chi connectivity index (χ2n) is 3.47. The number of carbonyl (C=O) groups excluding carboxylic acids is 1. The summed E-state index contributed by atoms with van der Waals surface area (Å²) >= 11 is 0. The summed E-state index contributed by atoms with van der Waals surface area (Å²) in [7, 11) is 0. The molecule has 4 heteroatoms. The number of rotatable bonds is 2. The van der Waals surface area contributed by atoms with Gasteiger partial charge >= 0.3 is 0 Å². The van der Waals surface area contributed by atoms with Crippen molar-refractivity contribution in [1.29, 1.82) is 0 Å². The normalized spacial score (nSPS) is 27.8. The lowest BCUT2D eigenvalue weighted by atomic mass is 10.2. The van der Waals surface area contributed by atoms with Crippen molar-refractivity contribution in [1.82, 2.24) is 10.6 Å². The highest BCUT2D eigenvalue weighted by atomic mass is 35.5. The van der Waals surface area contributed by atoms with E-state index in [1.807, 2.05) is 0 Å². The summed E-state index contributed by atoms with van der Waals surface area (Å²) < 4.78 is 0. The van der Waals surface area contributed by atoms with Crippen LogP contribution in [0, 0.1) is 5.92 Å². The molecule has 0 aromatic heterocycles. The molecule has 2 aliphatic rings. The van der Waals surface area contributed by atoms with Gasteiger partial charge in [0.25, 0.3) is 0 Å². The molecule has 0 unspecified atom stereocenters. The van der Waals surface area contributed by atoms with Crippen LogP contribution < -0.4 is 10.6 Å². The summed E-state index contributed by atoms with van der Waals surface area (Å²) in [6.45, 7) is 2.01. The van der Waals surface area contributed by atoms with Crippen LogP contribution >= 0.6 is 12.4 Å². The first-order valence-electron chi connectivity index (χ1n) is 4.37. The van der Waals surface area contributed by atoms with Gasteiger partial charge in [0.15, 0.2) is 0 Å². The van der Waals surface area contributed by atoms with Gasteiger partial charge in [0.2, 0.25) is 5.91 Å². The van der Waals surface area contributed by atoms with E-state index >= 15 is 0 Å².